The van der Waals surface area contributed by atoms with Gasteiger partial charge >= 0.3 is 5.69 Å². The van der Waals surface area contributed by atoms with E-state index in [9.17, 15) is 9.59 Å². The van der Waals surface area contributed by atoms with Gasteiger partial charge in [0.05, 0.1) is 17.6 Å². The Morgan fingerprint density at radius 2 is 1.84 bits per heavy atom. The summed E-state index contributed by atoms with van der Waals surface area (Å²) >= 11 is 0. The number of H-pyrrole nitrogens is 2. The molecule has 0 atom stereocenters. The average Bonchev–Trinajstić information content (AvgIpc) is 2.88. The second-order valence-electron chi connectivity index (χ2n) is 4.01. The van der Waals surface area contributed by atoms with E-state index in [1.54, 1.807) is 17.1 Å². The van der Waals surface area contributed by atoms with E-state index in [0.717, 1.165) is 5.69 Å². The quantitative estimate of drug-likeness (QED) is 0.713. The lowest BCUT2D eigenvalue weighted by molar-refractivity contribution is 0.880. The minimum absolute atomic E-state index is 0.439. The van der Waals surface area contributed by atoms with Crippen LogP contribution in [-0.2, 0) is 0 Å². The average molecular weight is 254 g/mol. The van der Waals surface area contributed by atoms with Gasteiger partial charge in [0, 0.05) is 17.8 Å². The molecule has 6 nitrogen and oxygen atoms in total. The van der Waals surface area contributed by atoms with Crippen molar-refractivity contribution in [1.82, 2.24) is 19.7 Å². The molecule has 94 valence electrons. The fourth-order valence-electron chi connectivity index (χ4n) is 1.81. The van der Waals surface area contributed by atoms with Crippen LogP contribution in [0.2, 0.25) is 0 Å². The molecule has 0 spiro atoms. The Morgan fingerprint density at radius 3 is 2.58 bits per heavy atom. The molecule has 0 bridgehead atoms. The fraction of sp³-hybridized carbons (Fsp3) is 0. The van der Waals surface area contributed by atoms with Crippen LogP contribution in [-0.4, -0.2) is 19.7 Å². The highest BCUT2D eigenvalue weighted by Gasteiger charge is 2.05. The number of nitrogens with one attached hydrogen (secondary N) is 2. The van der Waals surface area contributed by atoms with Crippen LogP contribution in [0, 0.1) is 0 Å². The molecule has 0 saturated carbocycles. The molecule has 3 aromatic rings. The van der Waals surface area contributed by atoms with E-state index in [4.69, 9.17) is 0 Å². The van der Waals surface area contributed by atoms with Gasteiger partial charge in [0.2, 0.25) is 0 Å². The summed E-state index contributed by atoms with van der Waals surface area (Å²) in [6, 6.07) is 10.9. The number of aromatic amines is 2. The van der Waals surface area contributed by atoms with Crippen LogP contribution >= 0.6 is 0 Å². The molecule has 2 N–H and O–H groups in total. The standard InChI is InChI=1S/C13H10N4O2/c18-12-6-11(15-13(19)16-12)9-7-14-17(8-9)10-4-2-1-3-5-10/h1-8H,(H2,15,16,18,19). The first kappa shape index (κ1) is 11.2. The van der Waals surface area contributed by atoms with Crippen LogP contribution in [0.25, 0.3) is 16.9 Å². The van der Waals surface area contributed by atoms with Crippen molar-refractivity contribution in [3.05, 3.63) is 69.6 Å². The van der Waals surface area contributed by atoms with Gasteiger partial charge in [-0.25, -0.2) is 9.48 Å². The van der Waals surface area contributed by atoms with Crippen molar-refractivity contribution in [2.45, 2.75) is 0 Å². The molecule has 0 saturated heterocycles. The molecule has 0 unspecified atom stereocenters. The zero-order valence-electron chi connectivity index (χ0n) is 9.83. The monoisotopic (exact) mass is 254 g/mol. The molecule has 2 aromatic heterocycles. The number of hydrogen-bond acceptors (Lipinski definition) is 3. The van der Waals surface area contributed by atoms with Crippen molar-refractivity contribution in [2.75, 3.05) is 0 Å². The summed E-state index contributed by atoms with van der Waals surface area (Å²) in [6.45, 7) is 0. The topological polar surface area (TPSA) is 83.5 Å². The van der Waals surface area contributed by atoms with Gasteiger partial charge in [-0.2, -0.15) is 5.10 Å². The van der Waals surface area contributed by atoms with Gasteiger partial charge in [0.25, 0.3) is 5.56 Å². The lowest BCUT2D eigenvalue weighted by atomic mass is 10.2. The Hall–Kier alpha value is -2.89. The maximum absolute atomic E-state index is 11.3. The summed E-state index contributed by atoms with van der Waals surface area (Å²) in [5.74, 6) is 0. The minimum Gasteiger partial charge on any atom is -0.307 e. The second-order valence-corrected chi connectivity index (χ2v) is 4.01. The van der Waals surface area contributed by atoms with Gasteiger partial charge in [-0.3, -0.25) is 9.78 Å². The van der Waals surface area contributed by atoms with Crippen LogP contribution in [0.5, 0.6) is 0 Å². The summed E-state index contributed by atoms with van der Waals surface area (Å²) < 4.78 is 1.68. The van der Waals surface area contributed by atoms with E-state index in [0.29, 0.717) is 11.3 Å². The molecule has 6 heteroatoms. The Labute approximate surface area is 107 Å². The van der Waals surface area contributed by atoms with Gasteiger partial charge in [-0.15, -0.1) is 0 Å². The lowest BCUT2D eigenvalue weighted by Gasteiger charge is -1.99. The number of rotatable bonds is 2. The first-order valence-corrected chi connectivity index (χ1v) is 5.66. The normalized spacial score (nSPS) is 10.5. The predicted molar refractivity (Wildman–Crippen MR) is 70.2 cm³/mol. The van der Waals surface area contributed by atoms with Crippen molar-refractivity contribution >= 4 is 0 Å². The van der Waals surface area contributed by atoms with Crippen molar-refractivity contribution < 1.29 is 0 Å². The Kier molecular flexibility index (Phi) is 2.60. The Balaban J connectivity index is 2.06. The van der Waals surface area contributed by atoms with Gasteiger partial charge in [0.15, 0.2) is 0 Å². The summed E-state index contributed by atoms with van der Waals surface area (Å²) in [7, 11) is 0. The summed E-state index contributed by atoms with van der Waals surface area (Å²) in [5, 5.41) is 4.20. The molecule has 1 aromatic carbocycles. The molecule has 0 aliphatic heterocycles. The van der Waals surface area contributed by atoms with Gasteiger partial charge < -0.3 is 4.98 Å². The van der Waals surface area contributed by atoms with E-state index >= 15 is 0 Å². The van der Waals surface area contributed by atoms with E-state index in [-0.39, 0.29) is 0 Å². The Morgan fingerprint density at radius 1 is 1.05 bits per heavy atom. The largest absolute Gasteiger partial charge is 0.326 e. The molecule has 0 radical (unpaired) electrons. The number of benzene rings is 1. The lowest BCUT2D eigenvalue weighted by Crippen LogP contribution is -2.21. The first-order chi connectivity index (χ1) is 9.22. The van der Waals surface area contributed by atoms with Crippen molar-refractivity contribution in [3.8, 4) is 16.9 Å². The maximum Gasteiger partial charge on any atom is 0.326 e. The van der Waals surface area contributed by atoms with E-state index in [1.165, 1.54) is 6.07 Å². The van der Waals surface area contributed by atoms with Crippen LogP contribution < -0.4 is 11.2 Å². The fourth-order valence-corrected chi connectivity index (χ4v) is 1.81. The third-order valence-corrected chi connectivity index (χ3v) is 2.67. The first-order valence-electron chi connectivity index (χ1n) is 5.66. The molecule has 3 rings (SSSR count). The molecular weight excluding hydrogens is 244 g/mol. The van der Waals surface area contributed by atoms with Crippen LogP contribution in [0.1, 0.15) is 0 Å². The van der Waals surface area contributed by atoms with E-state index in [1.807, 2.05) is 30.3 Å². The number of aromatic nitrogens is 4. The molecule has 19 heavy (non-hydrogen) atoms. The SMILES string of the molecule is O=c1cc(-c2cnn(-c3ccccc3)c2)[nH]c(=O)[nH]1. The predicted octanol–water partition coefficient (Wildman–Crippen LogP) is 0.916. The highest BCUT2D eigenvalue weighted by Crippen LogP contribution is 2.15. The third-order valence-electron chi connectivity index (χ3n) is 2.67. The maximum atomic E-state index is 11.3. The minimum atomic E-state index is -0.532. The van der Waals surface area contributed by atoms with Crippen molar-refractivity contribution in [1.29, 1.82) is 0 Å². The molecular formula is C13H10N4O2. The van der Waals surface area contributed by atoms with Crippen molar-refractivity contribution in [2.24, 2.45) is 0 Å². The zero-order chi connectivity index (χ0) is 13.2. The van der Waals surface area contributed by atoms with E-state index in [2.05, 4.69) is 15.1 Å². The number of nitrogens with zero attached hydrogens (tertiary/aromatic N) is 2. The van der Waals surface area contributed by atoms with Crippen LogP contribution in [0.4, 0.5) is 0 Å². The zero-order valence-corrected chi connectivity index (χ0v) is 9.83. The van der Waals surface area contributed by atoms with Gasteiger partial charge in [-0.05, 0) is 12.1 Å². The highest BCUT2D eigenvalue weighted by atomic mass is 16.2. The summed E-state index contributed by atoms with van der Waals surface area (Å²) in [5.41, 5.74) is 1.05. The summed E-state index contributed by atoms with van der Waals surface area (Å²) in [6.07, 6.45) is 3.34. The molecule has 0 aliphatic rings. The van der Waals surface area contributed by atoms with Gasteiger partial charge in [-0.1, -0.05) is 18.2 Å². The molecule has 0 aliphatic carbocycles. The van der Waals surface area contributed by atoms with Crippen molar-refractivity contribution in [3.63, 3.8) is 0 Å². The summed E-state index contributed by atoms with van der Waals surface area (Å²) in [4.78, 5) is 27.2. The van der Waals surface area contributed by atoms with Crippen LogP contribution in [0.15, 0.2) is 58.4 Å². The molecule has 0 fully saturated rings. The Bertz CT molecular complexity index is 786. The second kappa shape index (κ2) is 4.41. The van der Waals surface area contributed by atoms with Crippen LogP contribution in [0.3, 0.4) is 0 Å². The number of para-hydroxylation sites is 1. The van der Waals surface area contributed by atoms with Gasteiger partial charge in [0.1, 0.15) is 0 Å². The number of hydrogen-bond donors (Lipinski definition) is 2. The molecule has 2 heterocycles. The smallest absolute Gasteiger partial charge is 0.307 e. The molecule has 0 amide bonds. The van der Waals surface area contributed by atoms with E-state index < -0.39 is 11.2 Å². The highest BCUT2D eigenvalue weighted by molar-refractivity contribution is 5.56. The third kappa shape index (κ3) is 2.23.